The van der Waals surface area contributed by atoms with Crippen molar-refractivity contribution in [2.45, 2.75) is 0 Å². The fourth-order valence-corrected chi connectivity index (χ4v) is 1.35. The van der Waals surface area contributed by atoms with Gasteiger partial charge in [-0.2, -0.15) is 0 Å². The molecule has 0 aromatic heterocycles. The van der Waals surface area contributed by atoms with Crippen molar-refractivity contribution >= 4 is 33.4 Å². The molecule has 0 radical (unpaired) electrons. The first-order valence-corrected chi connectivity index (χ1v) is 5.45. The van der Waals surface area contributed by atoms with Gasteiger partial charge in [0.25, 0.3) is 5.91 Å². The van der Waals surface area contributed by atoms with E-state index in [1.807, 2.05) is 0 Å². The minimum absolute atomic E-state index is 0.139. The third kappa shape index (κ3) is 2.69. The summed E-state index contributed by atoms with van der Waals surface area (Å²) >= 11 is 8.78. The summed E-state index contributed by atoms with van der Waals surface area (Å²) in [7, 11) is 0. The Labute approximate surface area is 94.6 Å². The number of alkyl halides is 1. The van der Waals surface area contributed by atoms with Gasteiger partial charge in [0.1, 0.15) is 5.82 Å². The highest BCUT2D eigenvalue weighted by molar-refractivity contribution is 9.09. The van der Waals surface area contributed by atoms with Crippen LogP contribution in [0.3, 0.4) is 0 Å². The molecule has 0 aliphatic rings. The van der Waals surface area contributed by atoms with Gasteiger partial charge in [-0.1, -0.05) is 33.6 Å². The van der Waals surface area contributed by atoms with E-state index in [4.69, 9.17) is 11.6 Å². The van der Waals surface area contributed by atoms with Crippen LogP contribution in [0, 0.1) is 5.82 Å². The molecule has 0 heterocycles. The second-order valence-corrected chi connectivity index (χ2v) is 3.72. The van der Waals surface area contributed by atoms with Crippen LogP contribution in [0.4, 0.5) is 4.39 Å². The highest BCUT2D eigenvalue weighted by atomic mass is 79.9. The Morgan fingerprint density at radius 1 is 1.57 bits per heavy atom. The first kappa shape index (κ1) is 11.5. The maximum absolute atomic E-state index is 12.9. The van der Waals surface area contributed by atoms with E-state index in [2.05, 4.69) is 21.2 Å². The molecular weight excluding hydrogens is 272 g/mol. The number of hydrogen-bond donors (Lipinski definition) is 1. The molecule has 2 nitrogen and oxygen atoms in total. The molecule has 0 aliphatic carbocycles. The van der Waals surface area contributed by atoms with Gasteiger partial charge in [0.15, 0.2) is 0 Å². The monoisotopic (exact) mass is 279 g/mol. The molecule has 14 heavy (non-hydrogen) atoms. The van der Waals surface area contributed by atoms with Gasteiger partial charge in [-0.15, -0.1) is 0 Å². The molecular formula is C9H8BrClFNO. The van der Waals surface area contributed by atoms with Gasteiger partial charge in [0.05, 0.1) is 10.6 Å². The van der Waals surface area contributed by atoms with Crippen molar-refractivity contribution in [1.29, 1.82) is 0 Å². The molecule has 0 atom stereocenters. The molecule has 1 aromatic rings. The number of carbonyl (C=O) groups excluding carboxylic acids is 1. The lowest BCUT2D eigenvalue weighted by Gasteiger charge is -2.05. The van der Waals surface area contributed by atoms with Crippen LogP contribution in [-0.4, -0.2) is 17.8 Å². The van der Waals surface area contributed by atoms with Crippen molar-refractivity contribution < 1.29 is 9.18 Å². The van der Waals surface area contributed by atoms with Crippen molar-refractivity contribution in [3.63, 3.8) is 0 Å². The van der Waals surface area contributed by atoms with E-state index in [-0.39, 0.29) is 16.5 Å². The number of halogens is 3. The SMILES string of the molecule is O=C(NCCBr)c1cccc(F)c1Cl. The first-order chi connectivity index (χ1) is 6.66. The number of amides is 1. The molecule has 0 fully saturated rings. The van der Waals surface area contributed by atoms with E-state index in [0.29, 0.717) is 11.9 Å². The lowest BCUT2D eigenvalue weighted by Crippen LogP contribution is -2.25. The van der Waals surface area contributed by atoms with Crippen molar-refractivity contribution in [1.82, 2.24) is 5.32 Å². The highest BCUT2D eigenvalue weighted by Gasteiger charge is 2.12. The molecule has 5 heteroatoms. The van der Waals surface area contributed by atoms with E-state index < -0.39 is 5.82 Å². The Hall–Kier alpha value is -0.610. The van der Waals surface area contributed by atoms with Crippen molar-refractivity contribution in [3.05, 3.63) is 34.6 Å². The number of carbonyl (C=O) groups is 1. The fraction of sp³-hybridized carbons (Fsp3) is 0.222. The molecule has 0 saturated carbocycles. The Bertz CT molecular complexity index is 346. The van der Waals surface area contributed by atoms with E-state index in [0.717, 1.165) is 0 Å². The number of benzene rings is 1. The van der Waals surface area contributed by atoms with Crippen molar-refractivity contribution in [2.75, 3.05) is 11.9 Å². The number of hydrogen-bond acceptors (Lipinski definition) is 1. The van der Waals surface area contributed by atoms with Crippen LogP contribution in [-0.2, 0) is 0 Å². The normalized spacial score (nSPS) is 9.93. The van der Waals surface area contributed by atoms with E-state index in [1.165, 1.54) is 18.2 Å². The van der Waals surface area contributed by atoms with Gasteiger partial charge < -0.3 is 5.32 Å². The van der Waals surface area contributed by atoms with Crippen LogP contribution in [0.15, 0.2) is 18.2 Å². The van der Waals surface area contributed by atoms with Gasteiger partial charge >= 0.3 is 0 Å². The molecule has 1 N–H and O–H groups in total. The van der Waals surface area contributed by atoms with E-state index in [1.54, 1.807) is 0 Å². The van der Waals surface area contributed by atoms with Crippen LogP contribution in [0.25, 0.3) is 0 Å². The predicted molar refractivity (Wildman–Crippen MR) is 57.5 cm³/mol. The van der Waals surface area contributed by atoms with Crippen LogP contribution in [0.1, 0.15) is 10.4 Å². The Morgan fingerprint density at radius 3 is 2.93 bits per heavy atom. The average molecular weight is 281 g/mol. The lowest BCUT2D eigenvalue weighted by molar-refractivity contribution is 0.0956. The molecule has 76 valence electrons. The Balaban J connectivity index is 2.84. The Morgan fingerprint density at radius 2 is 2.29 bits per heavy atom. The summed E-state index contributed by atoms with van der Waals surface area (Å²) in [4.78, 5) is 11.4. The second kappa shape index (κ2) is 5.32. The van der Waals surface area contributed by atoms with Crippen LogP contribution >= 0.6 is 27.5 Å². The molecule has 1 rings (SSSR count). The van der Waals surface area contributed by atoms with Crippen LogP contribution < -0.4 is 5.32 Å². The molecule has 0 spiro atoms. The number of rotatable bonds is 3. The minimum atomic E-state index is -0.585. The standard InChI is InChI=1S/C9H8BrClFNO/c10-4-5-13-9(14)6-2-1-3-7(12)8(6)11/h1-3H,4-5H2,(H,13,14). The fourth-order valence-electron chi connectivity index (χ4n) is 0.935. The highest BCUT2D eigenvalue weighted by Crippen LogP contribution is 2.19. The molecule has 1 amide bonds. The maximum atomic E-state index is 12.9. The molecule has 0 unspecified atom stereocenters. The van der Waals surface area contributed by atoms with Crippen LogP contribution in [0.5, 0.6) is 0 Å². The molecule has 0 aliphatic heterocycles. The van der Waals surface area contributed by atoms with Gasteiger partial charge in [-0.05, 0) is 12.1 Å². The summed E-state index contributed by atoms with van der Waals surface area (Å²) in [6.45, 7) is 0.478. The first-order valence-electron chi connectivity index (χ1n) is 3.95. The maximum Gasteiger partial charge on any atom is 0.252 e. The zero-order valence-electron chi connectivity index (χ0n) is 7.19. The smallest absolute Gasteiger partial charge is 0.252 e. The van der Waals surface area contributed by atoms with Gasteiger partial charge in [-0.25, -0.2) is 4.39 Å². The summed E-state index contributed by atoms with van der Waals surface area (Å²) in [5.74, 6) is -0.952. The quantitative estimate of drug-likeness (QED) is 0.847. The summed E-state index contributed by atoms with van der Waals surface area (Å²) in [6.07, 6.45) is 0. The van der Waals surface area contributed by atoms with Crippen molar-refractivity contribution in [2.24, 2.45) is 0 Å². The van der Waals surface area contributed by atoms with Gasteiger partial charge in [0, 0.05) is 11.9 Å². The van der Waals surface area contributed by atoms with Crippen LogP contribution in [0.2, 0.25) is 5.02 Å². The molecule has 0 saturated heterocycles. The largest absolute Gasteiger partial charge is 0.351 e. The number of nitrogens with one attached hydrogen (secondary N) is 1. The zero-order chi connectivity index (χ0) is 10.6. The zero-order valence-corrected chi connectivity index (χ0v) is 9.53. The van der Waals surface area contributed by atoms with E-state index >= 15 is 0 Å². The second-order valence-electron chi connectivity index (χ2n) is 2.55. The van der Waals surface area contributed by atoms with E-state index in [9.17, 15) is 9.18 Å². The third-order valence-electron chi connectivity index (χ3n) is 1.58. The average Bonchev–Trinajstić information content (AvgIpc) is 2.18. The van der Waals surface area contributed by atoms with Crippen molar-refractivity contribution in [3.8, 4) is 0 Å². The van der Waals surface area contributed by atoms with Gasteiger partial charge in [0.2, 0.25) is 0 Å². The molecule has 0 bridgehead atoms. The summed E-state index contributed by atoms with van der Waals surface area (Å²) < 4.78 is 12.9. The predicted octanol–water partition coefficient (Wildman–Crippen LogP) is 2.60. The summed E-state index contributed by atoms with van der Waals surface area (Å²) in [5.41, 5.74) is 0.160. The third-order valence-corrected chi connectivity index (χ3v) is 2.36. The van der Waals surface area contributed by atoms with Gasteiger partial charge in [-0.3, -0.25) is 4.79 Å². The topological polar surface area (TPSA) is 29.1 Å². The summed E-state index contributed by atoms with van der Waals surface area (Å²) in [6, 6.07) is 4.14. The lowest BCUT2D eigenvalue weighted by atomic mass is 10.2. The summed E-state index contributed by atoms with van der Waals surface area (Å²) in [5, 5.41) is 3.08. The Kier molecular flexibility index (Phi) is 4.35. The minimum Gasteiger partial charge on any atom is -0.351 e. The molecule has 1 aromatic carbocycles.